The van der Waals surface area contributed by atoms with Crippen molar-refractivity contribution in [2.24, 2.45) is 0 Å². The second-order valence-corrected chi connectivity index (χ2v) is 4.68. The van der Waals surface area contributed by atoms with Crippen molar-refractivity contribution in [3.05, 3.63) is 29.8 Å². The van der Waals surface area contributed by atoms with E-state index in [0.29, 0.717) is 30.8 Å². The minimum absolute atomic E-state index is 0.558. The Hall–Kier alpha value is -1.06. The summed E-state index contributed by atoms with van der Waals surface area (Å²) >= 11 is 0. The fourth-order valence-corrected chi connectivity index (χ4v) is 2.54. The number of hydrogen-bond donors (Lipinski definition) is 2. The molecule has 0 spiro atoms. The van der Waals surface area contributed by atoms with Gasteiger partial charge in [-0.3, -0.25) is 0 Å². The SMILES string of the molecule is CCOc1ccccc1C(O)C1(O)CCCC1. The monoisotopic (exact) mass is 236 g/mol. The first-order valence-corrected chi connectivity index (χ1v) is 6.29. The molecule has 2 rings (SSSR count). The van der Waals surface area contributed by atoms with Crippen LogP contribution in [0.4, 0.5) is 0 Å². The van der Waals surface area contributed by atoms with Crippen LogP contribution in [0.2, 0.25) is 0 Å². The molecule has 3 heteroatoms. The Balaban J connectivity index is 2.26. The molecule has 0 saturated heterocycles. The van der Waals surface area contributed by atoms with Crippen molar-refractivity contribution in [1.82, 2.24) is 0 Å². The van der Waals surface area contributed by atoms with Gasteiger partial charge in [-0.2, -0.15) is 0 Å². The summed E-state index contributed by atoms with van der Waals surface area (Å²) in [6.07, 6.45) is 2.42. The molecule has 1 fully saturated rings. The van der Waals surface area contributed by atoms with E-state index < -0.39 is 11.7 Å². The first-order chi connectivity index (χ1) is 8.17. The molecular weight excluding hydrogens is 216 g/mol. The smallest absolute Gasteiger partial charge is 0.125 e. The molecule has 1 aliphatic rings. The zero-order valence-corrected chi connectivity index (χ0v) is 10.2. The summed E-state index contributed by atoms with van der Waals surface area (Å²) in [4.78, 5) is 0. The van der Waals surface area contributed by atoms with Gasteiger partial charge in [-0.25, -0.2) is 0 Å². The summed E-state index contributed by atoms with van der Waals surface area (Å²) in [6.45, 7) is 2.47. The zero-order valence-electron chi connectivity index (χ0n) is 10.2. The van der Waals surface area contributed by atoms with E-state index >= 15 is 0 Å². The number of ether oxygens (including phenoxy) is 1. The number of rotatable bonds is 4. The molecule has 1 aromatic rings. The maximum absolute atomic E-state index is 10.4. The van der Waals surface area contributed by atoms with Crippen LogP contribution in [0.15, 0.2) is 24.3 Å². The highest BCUT2D eigenvalue weighted by Gasteiger charge is 2.40. The average molecular weight is 236 g/mol. The largest absolute Gasteiger partial charge is 0.493 e. The summed E-state index contributed by atoms with van der Waals surface area (Å²) in [6, 6.07) is 7.39. The predicted octanol–water partition coefficient (Wildman–Crippen LogP) is 2.42. The van der Waals surface area contributed by atoms with Crippen molar-refractivity contribution in [3.8, 4) is 5.75 Å². The number of hydrogen-bond acceptors (Lipinski definition) is 3. The molecule has 0 aliphatic heterocycles. The van der Waals surface area contributed by atoms with Crippen LogP contribution in [0.25, 0.3) is 0 Å². The Morgan fingerprint density at radius 3 is 2.59 bits per heavy atom. The van der Waals surface area contributed by atoms with Crippen molar-refractivity contribution in [1.29, 1.82) is 0 Å². The van der Waals surface area contributed by atoms with Gasteiger partial charge in [0.15, 0.2) is 0 Å². The molecule has 17 heavy (non-hydrogen) atoms. The summed E-state index contributed by atoms with van der Waals surface area (Å²) in [5.74, 6) is 0.669. The Bertz CT molecular complexity index is 369. The first-order valence-electron chi connectivity index (χ1n) is 6.29. The summed E-state index contributed by atoms with van der Waals surface area (Å²) in [5, 5.41) is 20.8. The second-order valence-electron chi connectivity index (χ2n) is 4.68. The molecule has 1 saturated carbocycles. The summed E-state index contributed by atoms with van der Waals surface area (Å²) in [5.41, 5.74) is -0.286. The molecule has 94 valence electrons. The standard InChI is InChI=1S/C14H20O3/c1-2-17-12-8-4-3-7-11(12)13(15)14(16)9-5-6-10-14/h3-4,7-8,13,15-16H,2,5-6,9-10H2,1H3. The van der Waals surface area contributed by atoms with Gasteiger partial charge >= 0.3 is 0 Å². The number of aliphatic hydroxyl groups excluding tert-OH is 1. The van der Waals surface area contributed by atoms with E-state index in [9.17, 15) is 10.2 Å². The summed E-state index contributed by atoms with van der Waals surface area (Å²) < 4.78 is 5.49. The van der Waals surface area contributed by atoms with E-state index in [2.05, 4.69) is 0 Å². The van der Waals surface area contributed by atoms with Gasteiger partial charge < -0.3 is 14.9 Å². The van der Waals surface area contributed by atoms with E-state index in [1.807, 2.05) is 31.2 Å². The molecule has 0 radical (unpaired) electrons. The van der Waals surface area contributed by atoms with Crippen LogP contribution in [0.3, 0.4) is 0 Å². The van der Waals surface area contributed by atoms with Crippen LogP contribution in [-0.2, 0) is 0 Å². The molecule has 1 aliphatic carbocycles. The topological polar surface area (TPSA) is 49.7 Å². The molecule has 1 aromatic carbocycles. The van der Waals surface area contributed by atoms with Crippen LogP contribution in [0, 0.1) is 0 Å². The highest BCUT2D eigenvalue weighted by Crippen LogP contribution is 2.42. The Morgan fingerprint density at radius 2 is 1.94 bits per heavy atom. The molecule has 2 N–H and O–H groups in total. The van der Waals surface area contributed by atoms with Gasteiger partial charge in [0, 0.05) is 5.56 Å². The molecular formula is C14H20O3. The molecule has 0 amide bonds. The maximum atomic E-state index is 10.4. The number of para-hydroxylation sites is 1. The third-order valence-corrected chi connectivity index (χ3v) is 3.49. The third kappa shape index (κ3) is 2.45. The normalized spacial score (nSPS) is 20.2. The molecule has 0 heterocycles. The van der Waals surface area contributed by atoms with Crippen LogP contribution < -0.4 is 4.74 Å². The van der Waals surface area contributed by atoms with Gasteiger partial charge in [-0.05, 0) is 25.8 Å². The van der Waals surface area contributed by atoms with Gasteiger partial charge in [0.25, 0.3) is 0 Å². The predicted molar refractivity (Wildman–Crippen MR) is 66.0 cm³/mol. The molecule has 1 unspecified atom stereocenters. The summed E-state index contributed by atoms with van der Waals surface area (Å²) in [7, 11) is 0. The minimum Gasteiger partial charge on any atom is -0.493 e. The van der Waals surface area contributed by atoms with Gasteiger partial charge in [0.2, 0.25) is 0 Å². The lowest BCUT2D eigenvalue weighted by Gasteiger charge is -2.29. The van der Waals surface area contributed by atoms with Gasteiger partial charge in [-0.1, -0.05) is 31.0 Å². The first kappa shape index (κ1) is 12.4. The highest BCUT2D eigenvalue weighted by molar-refractivity contribution is 5.36. The molecule has 3 nitrogen and oxygen atoms in total. The Kier molecular flexibility index (Phi) is 3.69. The van der Waals surface area contributed by atoms with E-state index in [0.717, 1.165) is 12.8 Å². The van der Waals surface area contributed by atoms with Crippen LogP contribution >= 0.6 is 0 Å². The maximum Gasteiger partial charge on any atom is 0.125 e. The Labute approximate surface area is 102 Å². The van der Waals surface area contributed by atoms with E-state index in [-0.39, 0.29) is 0 Å². The van der Waals surface area contributed by atoms with Crippen LogP contribution in [0.1, 0.15) is 44.3 Å². The number of aliphatic hydroxyl groups is 2. The fraction of sp³-hybridized carbons (Fsp3) is 0.571. The zero-order chi connectivity index (χ0) is 12.3. The lowest BCUT2D eigenvalue weighted by Crippen LogP contribution is -2.33. The van der Waals surface area contributed by atoms with Crippen LogP contribution in [-0.4, -0.2) is 22.4 Å². The van der Waals surface area contributed by atoms with Crippen molar-refractivity contribution in [2.45, 2.75) is 44.3 Å². The van der Waals surface area contributed by atoms with E-state index in [1.165, 1.54) is 0 Å². The number of benzene rings is 1. The lowest BCUT2D eigenvalue weighted by molar-refractivity contribution is -0.0728. The van der Waals surface area contributed by atoms with Gasteiger partial charge in [0.05, 0.1) is 12.2 Å². The minimum atomic E-state index is -0.979. The van der Waals surface area contributed by atoms with Gasteiger partial charge in [-0.15, -0.1) is 0 Å². The molecule has 0 aromatic heterocycles. The van der Waals surface area contributed by atoms with E-state index in [1.54, 1.807) is 0 Å². The lowest BCUT2D eigenvalue weighted by atomic mass is 9.89. The van der Waals surface area contributed by atoms with Crippen LogP contribution in [0.5, 0.6) is 5.75 Å². The van der Waals surface area contributed by atoms with E-state index in [4.69, 9.17) is 4.74 Å². The molecule has 0 bridgehead atoms. The van der Waals surface area contributed by atoms with Crippen molar-refractivity contribution in [3.63, 3.8) is 0 Å². The Morgan fingerprint density at radius 1 is 1.29 bits per heavy atom. The fourth-order valence-electron chi connectivity index (χ4n) is 2.54. The highest BCUT2D eigenvalue weighted by atomic mass is 16.5. The van der Waals surface area contributed by atoms with Gasteiger partial charge in [0.1, 0.15) is 11.9 Å². The van der Waals surface area contributed by atoms with Crippen molar-refractivity contribution >= 4 is 0 Å². The van der Waals surface area contributed by atoms with Crippen molar-refractivity contribution in [2.75, 3.05) is 6.61 Å². The average Bonchev–Trinajstić information content (AvgIpc) is 2.78. The third-order valence-electron chi connectivity index (χ3n) is 3.49. The van der Waals surface area contributed by atoms with Crippen molar-refractivity contribution < 1.29 is 14.9 Å². The second kappa shape index (κ2) is 5.07. The quantitative estimate of drug-likeness (QED) is 0.844. The molecule has 1 atom stereocenters.